The highest BCUT2D eigenvalue weighted by Crippen LogP contribution is 2.12. The van der Waals surface area contributed by atoms with Crippen LogP contribution in [0, 0.1) is 0 Å². The number of hydrogen-bond acceptors (Lipinski definition) is 6. The highest BCUT2D eigenvalue weighted by molar-refractivity contribution is 4.74. The van der Waals surface area contributed by atoms with Crippen molar-refractivity contribution in [1.29, 1.82) is 0 Å². The Morgan fingerprint density at radius 3 is 1.44 bits per heavy atom. The Morgan fingerprint density at radius 1 is 0.559 bits per heavy atom. The molecule has 0 aromatic heterocycles. The molecule has 0 rings (SSSR count). The van der Waals surface area contributed by atoms with E-state index in [1.807, 2.05) is 6.92 Å². The van der Waals surface area contributed by atoms with Crippen molar-refractivity contribution in [2.45, 2.75) is 148 Å². The van der Waals surface area contributed by atoms with Crippen LogP contribution >= 0.6 is 0 Å². The molecular weight excluding hydrogens is 422 g/mol. The second-order valence-electron chi connectivity index (χ2n) is 10.9. The first-order valence-electron chi connectivity index (χ1n) is 14.7. The van der Waals surface area contributed by atoms with E-state index < -0.39 is 0 Å². The molecule has 0 saturated carbocycles. The molecule has 0 heterocycles. The molecule has 6 nitrogen and oxygen atoms in total. The fraction of sp³-hybridized carbons (Fsp3) is 1.00. The number of aliphatic hydroxyl groups excluding tert-OH is 1. The summed E-state index contributed by atoms with van der Waals surface area (Å²) in [6, 6.07) is 1.41. The van der Waals surface area contributed by atoms with Crippen molar-refractivity contribution < 1.29 is 5.11 Å². The van der Waals surface area contributed by atoms with E-state index in [2.05, 4.69) is 49.0 Å². The van der Waals surface area contributed by atoms with Gasteiger partial charge in [-0.1, -0.05) is 84.0 Å². The van der Waals surface area contributed by atoms with Crippen LogP contribution < -0.4 is 27.0 Å². The third-order valence-electron chi connectivity index (χ3n) is 6.55. The molecule has 0 amide bonds. The average Bonchev–Trinajstić information content (AvgIpc) is 2.80. The molecule has 206 valence electrons. The maximum absolute atomic E-state index is 10.2. The second-order valence-corrected chi connectivity index (χ2v) is 10.9. The number of rotatable bonds is 26. The van der Waals surface area contributed by atoms with Crippen LogP contribution in [0.15, 0.2) is 0 Å². The summed E-state index contributed by atoms with van der Waals surface area (Å²) < 4.78 is 0. The Labute approximate surface area is 213 Å². The van der Waals surface area contributed by atoms with Gasteiger partial charge in [0.05, 0.1) is 6.10 Å². The van der Waals surface area contributed by atoms with Gasteiger partial charge in [-0.3, -0.25) is 0 Å². The highest BCUT2D eigenvalue weighted by atomic mass is 16.3. The molecule has 7 N–H and O–H groups in total. The number of hydrogen-bond donors (Lipinski definition) is 6. The molecule has 0 aliphatic heterocycles. The lowest BCUT2D eigenvalue weighted by atomic mass is 10.0. The lowest BCUT2D eigenvalue weighted by molar-refractivity contribution is 0.157. The van der Waals surface area contributed by atoms with E-state index in [0.717, 1.165) is 39.0 Å². The van der Waals surface area contributed by atoms with Crippen molar-refractivity contribution in [1.82, 2.24) is 21.3 Å². The largest absolute Gasteiger partial charge is 0.392 e. The summed E-state index contributed by atoms with van der Waals surface area (Å²) in [5.74, 6) is 0. The number of unbranched alkanes of at least 4 members (excludes halogenated alkanes) is 11. The molecule has 6 heteroatoms. The fourth-order valence-electron chi connectivity index (χ4n) is 4.15. The predicted molar refractivity (Wildman–Crippen MR) is 151 cm³/mol. The van der Waals surface area contributed by atoms with Crippen LogP contribution in [0.25, 0.3) is 0 Å². The summed E-state index contributed by atoms with van der Waals surface area (Å²) in [6.45, 7) is 15.2. The van der Waals surface area contributed by atoms with Crippen LogP contribution in [0.4, 0.5) is 0 Å². The van der Waals surface area contributed by atoms with Crippen molar-refractivity contribution in [3.05, 3.63) is 0 Å². The van der Waals surface area contributed by atoms with Crippen LogP contribution in [0.1, 0.15) is 118 Å². The van der Waals surface area contributed by atoms with Crippen molar-refractivity contribution in [2.24, 2.45) is 5.73 Å². The molecule has 0 radical (unpaired) electrons. The number of aliphatic hydroxyl groups is 1. The molecule has 5 atom stereocenters. The quantitative estimate of drug-likeness (QED) is 0.102. The second kappa shape index (κ2) is 24.5. The van der Waals surface area contributed by atoms with Crippen molar-refractivity contribution in [2.75, 3.05) is 32.7 Å². The van der Waals surface area contributed by atoms with E-state index in [0.29, 0.717) is 24.7 Å². The molecule has 0 aromatic carbocycles. The Morgan fingerprint density at radius 2 is 0.971 bits per heavy atom. The molecule has 5 unspecified atom stereocenters. The number of nitrogens with two attached hydrogens (primary N) is 1. The average molecular weight is 486 g/mol. The third kappa shape index (κ3) is 24.9. The maximum atomic E-state index is 10.2. The zero-order valence-corrected chi connectivity index (χ0v) is 23.6. The van der Waals surface area contributed by atoms with E-state index >= 15 is 0 Å². The summed E-state index contributed by atoms with van der Waals surface area (Å²) in [5.41, 5.74) is 5.79. The molecule has 0 saturated heterocycles. The zero-order chi connectivity index (χ0) is 25.4. The van der Waals surface area contributed by atoms with Gasteiger partial charge < -0.3 is 32.1 Å². The van der Waals surface area contributed by atoms with Gasteiger partial charge in [0.15, 0.2) is 0 Å². The first-order chi connectivity index (χ1) is 16.3. The van der Waals surface area contributed by atoms with Crippen LogP contribution in [-0.2, 0) is 0 Å². The molecule has 0 bridgehead atoms. The van der Waals surface area contributed by atoms with Gasteiger partial charge in [-0.2, -0.15) is 0 Å². The third-order valence-corrected chi connectivity index (χ3v) is 6.55. The van der Waals surface area contributed by atoms with Crippen molar-refractivity contribution in [3.63, 3.8) is 0 Å². The van der Waals surface area contributed by atoms with Crippen LogP contribution in [0.2, 0.25) is 0 Å². The Hall–Kier alpha value is -0.240. The smallest absolute Gasteiger partial charge is 0.0664 e. The monoisotopic (exact) mass is 486 g/mol. The van der Waals surface area contributed by atoms with E-state index in [-0.39, 0.29) is 12.1 Å². The molecule has 0 fully saturated rings. The lowest BCUT2D eigenvalue weighted by Gasteiger charge is -2.22. The Kier molecular flexibility index (Phi) is 24.3. The summed E-state index contributed by atoms with van der Waals surface area (Å²) in [5, 5.41) is 24.2. The first-order valence-corrected chi connectivity index (χ1v) is 14.7. The first kappa shape index (κ1) is 33.8. The summed E-state index contributed by atoms with van der Waals surface area (Å²) >= 11 is 0. The molecule has 0 spiro atoms. The summed E-state index contributed by atoms with van der Waals surface area (Å²) in [6.07, 6.45) is 17.0. The van der Waals surface area contributed by atoms with E-state index in [1.54, 1.807) is 0 Å². The van der Waals surface area contributed by atoms with Gasteiger partial charge in [0, 0.05) is 56.9 Å². The van der Waals surface area contributed by atoms with Crippen LogP contribution in [0.3, 0.4) is 0 Å². The van der Waals surface area contributed by atoms with E-state index in [9.17, 15) is 5.11 Å². The highest BCUT2D eigenvalue weighted by Gasteiger charge is 2.09. The molecular formula is C28H63N5O. The van der Waals surface area contributed by atoms with Gasteiger partial charge >= 0.3 is 0 Å². The van der Waals surface area contributed by atoms with Gasteiger partial charge in [-0.15, -0.1) is 0 Å². The molecule has 0 aliphatic carbocycles. The SMILES string of the molecule is CCCCCCCCCCCCCCC(O)CNCC(C)NCC(C)NCC(C)NCC(C)N. The fourth-order valence-corrected chi connectivity index (χ4v) is 4.15. The summed E-state index contributed by atoms with van der Waals surface area (Å²) in [4.78, 5) is 0. The normalized spacial score (nSPS) is 16.3. The van der Waals surface area contributed by atoms with Gasteiger partial charge in [0.25, 0.3) is 0 Å². The van der Waals surface area contributed by atoms with Crippen molar-refractivity contribution >= 4 is 0 Å². The van der Waals surface area contributed by atoms with Gasteiger partial charge in [-0.25, -0.2) is 0 Å². The molecule has 0 aliphatic rings. The molecule has 0 aromatic rings. The van der Waals surface area contributed by atoms with E-state index in [1.165, 1.54) is 70.6 Å². The van der Waals surface area contributed by atoms with E-state index in [4.69, 9.17) is 5.73 Å². The zero-order valence-electron chi connectivity index (χ0n) is 23.6. The van der Waals surface area contributed by atoms with Gasteiger partial charge in [0.1, 0.15) is 0 Å². The Balaban J connectivity index is 3.48. The van der Waals surface area contributed by atoms with Crippen LogP contribution in [-0.4, -0.2) is 68.1 Å². The molecule has 34 heavy (non-hydrogen) atoms. The minimum absolute atomic E-state index is 0.193. The van der Waals surface area contributed by atoms with Gasteiger partial charge in [0.2, 0.25) is 0 Å². The minimum Gasteiger partial charge on any atom is -0.392 e. The Bertz CT molecular complexity index is 410. The van der Waals surface area contributed by atoms with Crippen LogP contribution in [0.5, 0.6) is 0 Å². The van der Waals surface area contributed by atoms with Crippen molar-refractivity contribution in [3.8, 4) is 0 Å². The van der Waals surface area contributed by atoms with Gasteiger partial charge in [-0.05, 0) is 34.1 Å². The minimum atomic E-state index is -0.221. The standard InChI is InChI=1S/C28H63N5O/c1-6-7-8-9-10-11-12-13-14-15-16-17-18-28(34)23-30-20-25(3)32-22-27(5)33-21-26(4)31-19-24(2)29/h24-28,30-34H,6-23,29H2,1-5H3. The summed E-state index contributed by atoms with van der Waals surface area (Å²) in [7, 11) is 0. The lowest BCUT2D eigenvalue weighted by Crippen LogP contribution is -2.48. The number of nitrogens with one attached hydrogen (secondary N) is 4. The topological polar surface area (TPSA) is 94.4 Å². The maximum Gasteiger partial charge on any atom is 0.0664 e. The predicted octanol–water partition coefficient (Wildman–Crippen LogP) is 4.31.